The molecule has 5 heteroatoms. The summed E-state index contributed by atoms with van der Waals surface area (Å²) in [6, 6.07) is 1.69. The van der Waals surface area contributed by atoms with Crippen LogP contribution in [-0.2, 0) is 4.79 Å². The van der Waals surface area contributed by atoms with Gasteiger partial charge in [-0.1, -0.05) is 25.7 Å². The van der Waals surface area contributed by atoms with Gasteiger partial charge in [-0.05, 0) is 32.8 Å². The molecule has 0 spiro atoms. The first-order chi connectivity index (χ1) is 9.44. The van der Waals surface area contributed by atoms with Crippen molar-refractivity contribution in [3.8, 4) is 0 Å². The quantitative estimate of drug-likeness (QED) is 0.831. The van der Waals surface area contributed by atoms with E-state index in [-0.39, 0.29) is 5.91 Å². The molecule has 3 N–H and O–H groups in total. The van der Waals surface area contributed by atoms with Crippen LogP contribution in [0.3, 0.4) is 0 Å². The normalized spacial score (nSPS) is 18.3. The summed E-state index contributed by atoms with van der Waals surface area (Å²) in [7, 11) is 0. The molecule has 2 amide bonds. The van der Waals surface area contributed by atoms with Crippen molar-refractivity contribution in [2.24, 2.45) is 5.73 Å². The van der Waals surface area contributed by atoms with Crippen molar-refractivity contribution < 1.29 is 14.0 Å². The van der Waals surface area contributed by atoms with Crippen molar-refractivity contribution >= 4 is 11.8 Å². The van der Waals surface area contributed by atoms with Gasteiger partial charge < -0.3 is 15.5 Å². The van der Waals surface area contributed by atoms with Gasteiger partial charge in [0.1, 0.15) is 17.1 Å². The lowest BCUT2D eigenvalue weighted by atomic mass is 9.89. The van der Waals surface area contributed by atoms with Gasteiger partial charge in [-0.25, -0.2) is 0 Å². The maximum Gasteiger partial charge on any atom is 0.255 e. The second kappa shape index (κ2) is 5.69. The number of nitrogens with two attached hydrogens (primary N) is 1. The molecule has 2 rings (SSSR count). The standard InChI is InChI=1S/C15H22N2O3/c1-10-9-12(11(2)20-10)13(18)17-15(14(16)19)7-5-3-4-6-8-15/h9H,3-8H2,1-2H3,(H2,16,19)(H,17,18). The van der Waals surface area contributed by atoms with Gasteiger partial charge in [0.05, 0.1) is 5.56 Å². The third kappa shape index (κ3) is 2.86. The summed E-state index contributed by atoms with van der Waals surface area (Å²) in [6.07, 6.45) is 5.20. The molecule has 1 saturated carbocycles. The summed E-state index contributed by atoms with van der Waals surface area (Å²) < 4.78 is 5.37. The van der Waals surface area contributed by atoms with Gasteiger partial charge in [-0.15, -0.1) is 0 Å². The van der Waals surface area contributed by atoms with Crippen LogP contribution in [0.5, 0.6) is 0 Å². The van der Waals surface area contributed by atoms with Gasteiger partial charge in [0.15, 0.2) is 0 Å². The van der Waals surface area contributed by atoms with Crippen molar-refractivity contribution in [1.29, 1.82) is 0 Å². The number of hydrogen-bond acceptors (Lipinski definition) is 3. The molecule has 0 unspecified atom stereocenters. The molecule has 20 heavy (non-hydrogen) atoms. The Balaban J connectivity index is 2.21. The van der Waals surface area contributed by atoms with E-state index in [4.69, 9.17) is 10.2 Å². The van der Waals surface area contributed by atoms with Gasteiger partial charge in [0.2, 0.25) is 5.91 Å². The minimum Gasteiger partial charge on any atom is -0.466 e. The highest BCUT2D eigenvalue weighted by atomic mass is 16.3. The molecule has 1 aromatic rings. The highest BCUT2D eigenvalue weighted by Crippen LogP contribution is 2.28. The number of rotatable bonds is 3. The molecule has 5 nitrogen and oxygen atoms in total. The highest BCUT2D eigenvalue weighted by molar-refractivity contribution is 5.99. The van der Waals surface area contributed by atoms with E-state index in [0.717, 1.165) is 25.7 Å². The molecule has 0 atom stereocenters. The second-order valence-corrected chi connectivity index (χ2v) is 5.64. The predicted octanol–water partition coefficient (Wildman–Crippen LogP) is 2.20. The first kappa shape index (κ1) is 14.6. The number of carbonyl (C=O) groups is 2. The first-order valence-corrected chi connectivity index (χ1v) is 7.14. The Morgan fingerprint density at radius 2 is 1.80 bits per heavy atom. The highest BCUT2D eigenvalue weighted by Gasteiger charge is 2.38. The van der Waals surface area contributed by atoms with Crippen LogP contribution in [0.2, 0.25) is 0 Å². The number of carbonyl (C=O) groups excluding carboxylic acids is 2. The predicted molar refractivity (Wildman–Crippen MR) is 75.3 cm³/mol. The summed E-state index contributed by atoms with van der Waals surface area (Å²) in [5.74, 6) is 0.528. The Labute approximate surface area is 118 Å². The molecule has 0 aromatic carbocycles. The monoisotopic (exact) mass is 278 g/mol. The number of amides is 2. The zero-order valence-electron chi connectivity index (χ0n) is 12.1. The summed E-state index contributed by atoms with van der Waals surface area (Å²) in [6.45, 7) is 3.53. The van der Waals surface area contributed by atoms with Crippen molar-refractivity contribution in [3.63, 3.8) is 0 Å². The molecular formula is C15H22N2O3. The summed E-state index contributed by atoms with van der Waals surface area (Å²) in [5.41, 5.74) is 5.13. The van der Waals surface area contributed by atoms with Gasteiger partial charge in [-0.2, -0.15) is 0 Å². The van der Waals surface area contributed by atoms with Gasteiger partial charge in [-0.3, -0.25) is 9.59 Å². The van der Waals surface area contributed by atoms with E-state index in [1.54, 1.807) is 19.9 Å². The van der Waals surface area contributed by atoms with Crippen LogP contribution in [0.15, 0.2) is 10.5 Å². The molecule has 0 radical (unpaired) electrons. The van der Waals surface area contributed by atoms with Crippen molar-refractivity contribution in [3.05, 3.63) is 23.2 Å². The van der Waals surface area contributed by atoms with E-state index in [9.17, 15) is 9.59 Å². The fraction of sp³-hybridized carbons (Fsp3) is 0.600. The number of aryl methyl sites for hydroxylation is 2. The van der Waals surface area contributed by atoms with Crippen LogP contribution in [0.4, 0.5) is 0 Å². The lowest BCUT2D eigenvalue weighted by Gasteiger charge is -2.30. The van der Waals surface area contributed by atoms with Crippen molar-refractivity contribution in [2.45, 2.75) is 57.9 Å². The van der Waals surface area contributed by atoms with E-state index >= 15 is 0 Å². The van der Waals surface area contributed by atoms with Crippen LogP contribution in [0, 0.1) is 13.8 Å². The molecule has 1 heterocycles. The van der Waals surface area contributed by atoms with Crippen LogP contribution in [-0.4, -0.2) is 17.4 Å². The zero-order chi connectivity index (χ0) is 14.8. The molecule has 1 aromatic heterocycles. The molecule has 1 fully saturated rings. The topological polar surface area (TPSA) is 85.3 Å². The number of furan rings is 1. The fourth-order valence-corrected chi connectivity index (χ4v) is 2.91. The number of nitrogens with one attached hydrogen (secondary N) is 1. The Morgan fingerprint density at radius 1 is 1.20 bits per heavy atom. The van der Waals surface area contributed by atoms with Gasteiger partial charge in [0.25, 0.3) is 5.91 Å². The molecule has 0 saturated heterocycles. The van der Waals surface area contributed by atoms with E-state index < -0.39 is 11.4 Å². The Kier molecular flexibility index (Phi) is 4.16. The van der Waals surface area contributed by atoms with E-state index in [1.807, 2.05) is 0 Å². The maximum atomic E-state index is 12.4. The molecular weight excluding hydrogens is 256 g/mol. The second-order valence-electron chi connectivity index (χ2n) is 5.64. The van der Waals surface area contributed by atoms with Crippen molar-refractivity contribution in [2.75, 3.05) is 0 Å². The minimum absolute atomic E-state index is 0.278. The van der Waals surface area contributed by atoms with E-state index in [1.165, 1.54) is 0 Å². The maximum absolute atomic E-state index is 12.4. The average Bonchev–Trinajstić information content (AvgIpc) is 2.60. The lowest BCUT2D eigenvalue weighted by Crippen LogP contribution is -2.57. The van der Waals surface area contributed by atoms with Crippen LogP contribution >= 0.6 is 0 Å². The molecule has 1 aliphatic carbocycles. The number of hydrogen-bond donors (Lipinski definition) is 2. The fourth-order valence-electron chi connectivity index (χ4n) is 2.91. The smallest absolute Gasteiger partial charge is 0.255 e. The third-order valence-electron chi connectivity index (χ3n) is 4.07. The summed E-state index contributed by atoms with van der Waals surface area (Å²) in [4.78, 5) is 24.3. The molecule has 0 bridgehead atoms. The minimum atomic E-state index is -0.912. The lowest BCUT2D eigenvalue weighted by molar-refractivity contribution is -0.124. The first-order valence-electron chi connectivity index (χ1n) is 7.14. The van der Waals surface area contributed by atoms with Crippen LogP contribution < -0.4 is 11.1 Å². The number of primary amides is 1. The van der Waals surface area contributed by atoms with Gasteiger partial charge >= 0.3 is 0 Å². The third-order valence-corrected chi connectivity index (χ3v) is 4.07. The molecule has 1 aliphatic rings. The van der Waals surface area contributed by atoms with Crippen molar-refractivity contribution in [1.82, 2.24) is 5.32 Å². The van der Waals surface area contributed by atoms with Crippen LogP contribution in [0.25, 0.3) is 0 Å². The Morgan fingerprint density at radius 3 is 2.25 bits per heavy atom. The molecule has 110 valence electrons. The summed E-state index contributed by atoms with van der Waals surface area (Å²) >= 11 is 0. The average molecular weight is 278 g/mol. The summed E-state index contributed by atoms with van der Waals surface area (Å²) in [5, 5.41) is 2.87. The largest absolute Gasteiger partial charge is 0.466 e. The Hall–Kier alpha value is -1.78. The Bertz CT molecular complexity index is 511. The molecule has 0 aliphatic heterocycles. The SMILES string of the molecule is Cc1cc(C(=O)NC2(C(N)=O)CCCCCC2)c(C)o1. The van der Waals surface area contributed by atoms with Crippen LogP contribution in [0.1, 0.15) is 60.4 Å². The van der Waals surface area contributed by atoms with E-state index in [2.05, 4.69) is 5.32 Å². The van der Waals surface area contributed by atoms with Gasteiger partial charge in [0, 0.05) is 0 Å². The zero-order valence-corrected chi connectivity index (χ0v) is 12.1. The van der Waals surface area contributed by atoms with E-state index in [0.29, 0.717) is 29.9 Å².